The van der Waals surface area contributed by atoms with E-state index in [-0.39, 0.29) is 0 Å². The van der Waals surface area contributed by atoms with Crippen LogP contribution in [-0.2, 0) is 0 Å². The van der Waals surface area contributed by atoms with Gasteiger partial charge in [0.15, 0.2) is 0 Å². The number of rotatable bonds is 7. The molecule has 2 heteroatoms. The van der Waals surface area contributed by atoms with Gasteiger partial charge in [-0.1, -0.05) is 33.6 Å². The standard InChI is InChI=1S/C19H38N2/c1-5-12-20-18-10-11-19(2,3)13-17(18)15-21(4)14-16-8-6-7-9-16/h16-18,20H,5-15H2,1-4H3. The average molecular weight is 295 g/mol. The first-order valence-corrected chi connectivity index (χ1v) is 9.42. The molecule has 0 aromatic carbocycles. The van der Waals surface area contributed by atoms with E-state index in [1.807, 2.05) is 0 Å². The molecule has 0 amide bonds. The van der Waals surface area contributed by atoms with E-state index in [2.05, 4.69) is 38.0 Å². The molecule has 2 atom stereocenters. The van der Waals surface area contributed by atoms with E-state index < -0.39 is 0 Å². The van der Waals surface area contributed by atoms with Crippen molar-refractivity contribution in [1.29, 1.82) is 0 Å². The van der Waals surface area contributed by atoms with Crippen LogP contribution in [0.25, 0.3) is 0 Å². The van der Waals surface area contributed by atoms with Crippen LogP contribution < -0.4 is 5.32 Å². The second-order valence-corrected chi connectivity index (χ2v) is 8.60. The molecule has 0 aromatic heterocycles. The minimum atomic E-state index is 0.545. The maximum absolute atomic E-state index is 3.83. The van der Waals surface area contributed by atoms with Crippen molar-refractivity contribution < 1.29 is 0 Å². The van der Waals surface area contributed by atoms with E-state index in [0.29, 0.717) is 5.41 Å². The minimum absolute atomic E-state index is 0.545. The van der Waals surface area contributed by atoms with Gasteiger partial charge in [0.1, 0.15) is 0 Å². The van der Waals surface area contributed by atoms with Gasteiger partial charge in [0.05, 0.1) is 0 Å². The molecular formula is C19H38N2. The van der Waals surface area contributed by atoms with E-state index in [1.165, 1.54) is 71.0 Å². The molecule has 2 saturated carbocycles. The van der Waals surface area contributed by atoms with E-state index >= 15 is 0 Å². The predicted octanol–water partition coefficient (Wildman–Crippen LogP) is 4.30. The number of hydrogen-bond acceptors (Lipinski definition) is 2. The maximum atomic E-state index is 3.83. The zero-order valence-corrected chi connectivity index (χ0v) is 15.0. The molecule has 0 spiro atoms. The van der Waals surface area contributed by atoms with Crippen LogP contribution in [-0.4, -0.2) is 37.6 Å². The summed E-state index contributed by atoms with van der Waals surface area (Å²) in [5.41, 5.74) is 0.545. The summed E-state index contributed by atoms with van der Waals surface area (Å²) in [5, 5.41) is 3.83. The Morgan fingerprint density at radius 2 is 1.81 bits per heavy atom. The van der Waals surface area contributed by atoms with Crippen LogP contribution >= 0.6 is 0 Å². The lowest BCUT2D eigenvalue weighted by Crippen LogP contribution is -2.47. The Morgan fingerprint density at radius 1 is 1.10 bits per heavy atom. The molecule has 0 aliphatic heterocycles. The second-order valence-electron chi connectivity index (χ2n) is 8.60. The summed E-state index contributed by atoms with van der Waals surface area (Å²) < 4.78 is 0. The van der Waals surface area contributed by atoms with Crippen LogP contribution in [0.2, 0.25) is 0 Å². The molecule has 2 aliphatic carbocycles. The van der Waals surface area contributed by atoms with Crippen LogP contribution in [0.15, 0.2) is 0 Å². The monoisotopic (exact) mass is 294 g/mol. The maximum Gasteiger partial charge on any atom is 0.0108 e. The first kappa shape index (κ1) is 17.3. The van der Waals surface area contributed by atoms with E-state index in [0.717, 1.165) is 17.9 Å². The fourth-order valence-corrected chi connectivity index (χ4v) is 4.63. The van der Waals surface area contributed by atoms with E-state index in [9.17, 15) is 0 Å². The first-order chi connectivity index (χ1) is 10.00. The van der Waals surface area contributed by atoms with Crippen molar-refractivity contribution in [1.82, 2.24) is 10.2 Å². The molecule has 2 unspecified atom stereocenters. The highest BCUT2D eigenvalue weighted by molar-refractivity contribution is 4.90. The van der Waals surface area contributed by atoms with Gasteiger partial charge in [0.2, 0.25) is 0 Å². The molecule has 21 heavy (non-hydrogen) atoms. The fraction of sp³-hybridized carbons (Fsp3) is 1.00. The van der Waals surface area contributed by atoms with E-state index in [1.54, 1.807) is 0 Å². The van der Waals surface area contributed by atoms with E-state index in [4.69, 9.17) is 0 Å². The topological polar surface area (TPSA) is 15.3 Å². The SMILES string of the molecule is CCCNC1CCC(C)(C)CC1CN(C)CC1CCCC1. The molecular weight excluding hydrogens is 256 g/mol. The molecule has 0 bridgehead atoms. The molecule has 2 fully saturated rings. The normalized spacial score (nSPS) is 30.1. The Labute approximate surface area is 133 Å². The van der Waals surface area contributed by atoms with Crippen molar-refractivity contribution in [2.24, 2.45) is 17.3 Å². The summed E-state index contributed by atoms with van der Waals surface area (Å²) in [5.74, 6) is 1.82. The molecule has 124 valence electrons. The zero-order chi connectivity index (χ0) is 15.3. The highest BCUT2D eigenvalue weighted by Gasteiger charge is 2.35. The minimum Gasteiger partial charge on any atom is -0.314 e. The zero-order valence-electron chi connectivity index (χ0n) is 15.0. The third kappa shape index (κ3) is 5.56. The van der Waals surface area contributed by atoms with Gasteiger partial charge in [0, 0.05) is 19.1 Å². The van der Waals surface area contributed by atoms with Crippen LogP contribution in [0.1, 0.15) is 72.1 Å². The van der Waals surface area contributed by atoms with Crippen molar-refractivity contribution in [2.45, 2.75) is 78.2 Å². The lowest BCUT2D eigenvalue weighted by atomic mass is 9.69. The Hall–Kier alpha value is -0.0800. The summed E-state index contributed by atoms with van der Waals surface area (Å²) in [7, 11) is 2.36. The number of nitrogens with zero attached hydrogens (tertiary/aromatic N) is 1. The largest absolute Gasteiger partial charge is 0.314 e. The molecule has 0 saturated heterocycles. The number of hydrogen-bond donors (Lipinski definition) is 1. The van der Waals surface area contributed by atoms with Crippen molar-refractivity contribution in [3.63, 3.8) is 0 Å². The third-order valence-electron chi connectivity index (χ3n) is 5.76. The molecule has 0 aromatic rings. The van der Waals surface area contributed by atoms with Crippen molar-refractivity contribution >= 4 is 0 Å². The molecule has 0 radical (unpaired) electrons. The quantitative estimate of drug-likeness (QED) is 0.753. The summed E-state index contributed by atoms with van der Waals surface area (Å²) in [6.07, 6.45) is 11.3. The van der Waals surface area contributed by atoms with Gasteiger partial charge in [-0.3, -0.25) is 0 Å². The van der Waals surface area contributed by atoms with Crippen molar-refractivity contribution in [2.75, 3.05) is 26.7 Å². The average Bonchev–Trinajstić information content (AvgIpc) is 2.89. The first-order valence-electron chi connectivity index (χ1n) is 9.42. The second kappa shape index (κ2) is 7.97. The van der Waals surface area contributed by atoms with Gasteiger partial charge in [-0.15, -0.1) is 0 Å². The Balaban J connectivity index is 1.85. The summed E-state index contributed by atoms with van der Waals surface area (Å²) in [6.45, 7) is 11.0. The fourth-order valence-electron chi connectivity index (χ4n) is 4.63. The summed E-state index contributed by atoms with van der Waals surface area (Å²) in [4.78, 5) is 2.64. The Kier molecular flexibility index (Phi) is 6.55. The van der Waals surface area contributed by atoms with Crippen LogP contribution in [0.3, 0.4) is 0 Å². The van der Waals surface area contributed by atoms with Crippen molar-refractivity contribution in [3.05, 3.63) is 0 Å². The van der Waals surface area contributed by atoms with Gasteiger partial charge < -0.3 is 10.2 Å². The number of nitrogens with one attached hydrogen (secondary N) is 1. The molecule has 1 N–H and O–H groups in total. The van der Waals surface area contributed by atoms with Crippen LogP contribution in [0, 0.1) is 17.3 Å². The smallest absolute Gasteiger partial charge is 0.0108 e. The van der Waals surface area contributed by atoms with Crippen LogP contribution in [0.4, 0.5) is 0 Å². The molecule has 2 rings (SSSR count). The lowest BCUT2D eigenvalue weighted by molar-refractivity contribution is 0.104. The summed E-state index contributed by atoms with van der Waals surface area (Å²) >= 11 is 0. The van der Waals surface area contributed by atoms with Crippen LogP contribution in [0.5, 0.6) is 0 Å². The highest BCUT2D eigenvalue weighted by atomic mass is 15.1. The van der Waals surface area contributed by atoms with Gasteiger partial charge in [-0.25, -0.2) is 0 Å². The third-order valence-corrected chi connectivity index (χ3v) is 5.76. The summed E-state index contributed by atoms with van der Waals surface area (Å²) in [6, 6.07) is 0.754. The Bertz CT molecular complexity index is 294. The molecule has 2 aliphatic rings. The van der Waals surface area contributed by atoms with Gasteiger partial charge in [-0.2, -0.15) is 0 Å². The van der Waals surface area contributed by atoms with Gasteiger partial charge in [0.25, 0.3) is 0 Å². The molecule has 0 heterocycles. The lowest BCUT2D eigenvalue weighted by Gasteiger charge is -2.43. The van der Waals surface area contributed by atoms with Gasteiger partial charge in [-0.05, 0) is 69.4 Å². The van der Waals surface area contributed by atoms with Crippen molar-refractivity contribution in [3.8, 4) is 0 Å². The predicted molar refractivity (Wildman–Crippen MR) is 92.7 cm³/mol. The Morgan fingerprint density at radius 3 is 2.48 bits per heavy atom. The molecule has 2 nitrogen and oxygen atoms in total. The highest BCUT2D eigenvalue weighted by Crippen LogP contribution is 2.39. The van der Waals surface area contributed by atoms with Gasteiger partial charge >= 0.3 is 0 Å².